The molecule has 19 heavy (non-hydrogen) atoms. The van der Waals surface area contributed by atoms with Crippen molar-refractivity contribution < 1.29 is 14.7 Å². The average molecular weight is 262 g/mol. The fraction of sp³-hybridized carbons (Fsp3) is 0.333. The minimum absolute atomic E-state index is 0.0975. The first kappa shape index (κ1) is 13.0. The summed E-state index contributed by atoms with van der Waals surface area (Å²) in [5.41, 5.74) is 0.974. The molecule has 0 saturated heterocycles. The van der Waals surface area contributed by atoms with Gasteiger partial charge in [0.05, 0.1) is 29.9 Å². The molecule has 2 heterocycles. The lowest BCUT2D eigenvalue weighted by atomic mass is 10.1. The number of hydrogen-bond acceptors (Lipinski definition) is 4. The van der Waals surface area contributed by atoms with E-state index in [0.29, 0.717) is 17.5 Å². The van der Waals surface area contributed by atoms with E-state index in [-0.39, 0.29) is 12.3 Å². The highest BCUT2D eigenvalue weighted by atomic mass is 16.4. The number of nitrogens with one attached hydrogen (secondary N) is 1. The molecular formula is C12H14N4O3. The Labute approximate surface area is 109 Å². The zero-order valence-electron chi connectivity index (χ0n) is 10.4. The first-order chi connectivity index (χ1) is 9.11. The second-order valence-electron chi connectivity index (χ2n) is 4.14. The molecule has 0 aromatic carbocycles. The van der Waals surface area contributed by atoms with Gasteiger partial charge in [-0.3, -0.25) is 14.6 Å². The van der Waals surface area contributed by atoms with E-state index in [9.17, 15) is 9.59 Å². The number of carbonyl (C=O) groups is 2. The molecule has 0 spiro atoms. The number of aliphatic carboxylic acids is 1. The maximum Gasteiger partial charge on any atom is 0.305 e. The Balaban J connectivity index is 2.17. The topological polar surface area (TPSA) is 96.6 Å². The Kier molecular flexibility index (Phi) is 3.74. The lowest BCUT2D eigenvalue weighted by Crippen LogP contribution is -2.35. The monoisotopic (exact) mass is 262 g/mol. The van der Waals surface area contributed by atoms with E-state index in [2.05, 4.69) is 15.4 Å². The number of nitrogens with zero attached hydrogens (tertiary/aromatic N) is 3. The van der Waals surface area contributed by atoms with E-state index in [0.717, 1.165) is 0 Å². The van der Waals surface area contributed by atoms with Gasteiger partial charge in [-0.15, -0.1) is 0 Å². The van der Waals surface area contributed by atoms with Crippen LogP contribution < -0.4 is 5.32 Å². The molecule has 1 atom stereocenters. The van der Waals surface area contributed by atoms with Crippen LogP contribution in [0.1, 0.15) is 30.1 Å². The Morgan fingerprint density at radius 2 is 2.26 bits per heavy atom. The number of carboxylic acid groups (broad SMARTS) is 1. The van der Waals surface area contributed by atoms with Crippen molar-refractivity contribution in [2.75, 3.05) is 0 Å². The lowest BCUT2D eigenvalue weighted by molar-refractivity contribution is -0.137. The second-order valence-corrected chi connectivity index (χ2v) is 4.14. The summed E-state index contributed by atoms with van der Waals surface area (Å²) in [6.45, 7) is 1.82. The summed E-state index contributed by atoms with van der Waals surface area (Å²) in [4.78, 5) is 26.7. The number of amides is 1. The minimum atomic E-state index is -0.936. The van der Waals surface area contributed by atoms with Crippen LogP contribution in [0.25, 0.3) is 5.52 Å². The average Bonchev–Trinajstić information content (AvgIpc) is 2.81. The van der Waals surface area contributed by atoms with E-state index in [1.807, 2.05) is 6.92 Å². The van der Waals surface area contributed by atoms with Gasteiger partial charge in [-0.25, -0.2) is 4.52 Å². The molecule has 2 rings (SSSR count). The zero-order valence-corrected chi connectivity index (χ0v) is 10.4. The molecule has 0 saturated carbocycles. The normalized spacial score (nSPS) is 12.3. The first-order valence-corrected chi connectivity index (χ1v) is 5.91. The van der Waals surface area contributed by atoms with Gasteiger partial charge in [0.25, 0.3) is 5.91 Å². The number of aromatic nitrogens is 3. The molecule has 2 aromatic heterocycles. The summed E-state index contributed by atoms with van der Waals surface area (Å²) in [5, 5.41) is 15.5. The summed E-state index contributed by atoms with van der Waals surface area (Å²) in [6.07, 6.45) is 6.65. The third-order valence-electron chi connectivity index (χ3n) is 2.82. The third-order valence-corrected chi connectivity index (χ3v) is 2.82. The molecule has 1 unspecified atom stereocenters. The summed E-state index contributed by atoms with van der Waals surface area (Å²) >= 11 is 0. The van der Waals surface area contributed by atoms with Gasteiger partial charge < -0.3 is 10.4 Å². The second kappa shape index (κ2) is 5.47. The van der Waals surface area contributed by atoms with E-state index in [4.69, 9.17) is 5.11 Å². The Hall–Kier alpha value is -2.44. The molecule has 7 heteroatoms. The number of carbonyl (C=O) groups excluding carboxylic acids is 1. The van der Waals surface area contributed by atoms with Crippen molar-refractivity contribution >= 4 is 17.4 Å². The molecule has 0 aliphatic heterocycles. The van der Waals surface area contributed by atoms with Crippen molar-refractivity contribution in [2.24, 2.45) is 0 Å². The highest BCUT2D eigenvalue weighted by Crippen LogP contribution is 2.09. The van der Waals surface area contributed by atoms with Crippen LogP contribution in [0.5, 0.6) is 0 Å². The van der Waals surface area contributed by atoms with Gasteiger partial charge in [0.15, 0.2) is 0 Å². The first-order valence-electron chi connectivity index (χ1n) is 5.91. The Bertz CT molecular complexity index is 608. The summed E-state index contributed by atoms with van der Waals surface area (Å²) in [6, 6.07) is -0.392. The van der Waals surface area contributed by atoms with Gasteiger partial charge in [0.2, 0.25) is 0 Å². The van der Waals surface area contributed by atoms with Crippen LogP contribution in [0.4, 0.5) is 0 Å². The molecule has 2 aromatic rings. The maximum atomic E-state index is 12.1. The van der Waals surface area contributed by atoms with Crippen LogP contribution in [0.2, 0.25) is 0 Å². The Morgan fingerprint density at radius 1 is 1.47 bits per heavy atom. The molecule has 0 aliphatic carbocycles. The van der Waals surface area contributed by atoms with Crippen molar-refractivity contribution in [1.29, 1.82) is 0 Å². The van der Waals surface area contributed by atoms with E-state index < -0.39 is 12.0 Å². The summed E-state index contributed by atoms with van der Waals surface area (Å²) < 4.78 is 1.54. The van der Waals surface area contributed by atoms with Gasteiger partial charge >= 0.3 is 5.97 Å². The van der Waals surface area contributed by atoms with E-state index >= 15 is 0 Å². The fourth-order valence-corrected chi connectivity index (χ4v) is 1.78. The molecule has 1 amide bonds. The number of fused-ring (bicyclic) bond motifs is 1. The molecule has 0 bridgehead atoms. The van der Waals surface area contributed by atoms with Gasteiger partial charge in [0, 0.05) is 18.4 Å². The van der Waals surface area contributed by atoms with Crippen LogP contribution in [0.15, 0.2) is 24.8 Å². The van der Waals surface area contributed by atoms with Crippen molar-refractivity contribution in [3.63, 3.8) is 0 Å². The summed E-state index contributed by atoms with van der Waals surface area (Å²) in [5.74, 6) is -1.27. The van der Waals surface area contributed by atoms with Gasteiger partial charge in [-0.1, -0.05) is 6.92 Å². The molecule has 0 fully saturated rings. The predicted octanol–water partition coefficient (Wildman–Crippen LogP) is 0.712. The lowest BCUT2D eigenvalue weighted by Gasteiger charge is -2.14. The van der Waals surface area contributed by atoms with Crippen LogP contribution in [-0.4, -0.2) is 37.6 Å². The van der Waals surface area contributed by atoms with E-state index in [1.54, 1.807) is 23.1 Å². The highest BCUT2D eigenvalue weighted by Gasteiger charge is 2.18. The molecule has 7 nitrogen and oxygen atoms in total. The quantitative estimate of drug-likeness (QED) is 0.827. The molecule has 0 radical (unpaired) electrons. The minimum Gasteiger partial charge on any atom is -0.481 e. The van der Waals surface area contributed by atoms with Gasteiger partial charge in [-0.2, -0.15) is 5.10 Å². The van der Waals surface area contributed by atoms with Crippen LogP contribution >= 0.6 is 0 Å². The Morgan fingerprint density at radius 3 is 2.95 bits per heavy atom. The SMILES string of the molecule is CCC(CC(=O)O)NC(=O)c1cnn2ccncc12. The molecule has 2 N–H and O–H groups in total. The van der Waals surface area contributed by atoms with Crippen LogP contribution in [0.3, 0.4) is 0 Å². The maximum absolute atomic E-state index is 12.1. The summed E-state index contributed by atoms with van der Waals surface area (Å²) in [7, 11) is 0. The van der Waals surface area contributed by atoms with Crippen molar-refractivity contribution in [2.45, 2.75) is 25.8 Å². The number of carboxylic acids is 1. The van der Waals surface area contributed by atoms with Crippen molar-refractivity contribution in [3.05, 3.63) is 30.4 Å². The van der Waals surface area contributed by atoms with Gasteiger partial charge in [-0.05, 0) is 6.42 Å². The fourth-order valence-electron chi connectivity index (χ4n) is 1.78. The van der Waals surface area contributed by atoms with Crippen LogP contribution in [0, 0.1) is 0 Å². The zero-order chi connectivity index (χ0) is 13.8. The van der Waals surface area contributed by atoms with E-state index in [1.165, 1.54) is 6.20 Å². The predicted molar refractivity (Wildman–Crippen MR) is 66.8 cm³/mol. The van der Waals surface area contributed by atoms with Gasteiger partial charge in [0.1, 0.15) is 0 Å². The third kappa shape index (κ3) is 2.87. The molecular weight excluding hydrogens is 248 g/mol. The smallest absolute Gasteiger partial charge is 0.305 e. The van der Waals surface area contributed by atoms with Crippen molar-refractivity contribution in [3.8, 4) is 0 Å². The molecule has 100 valence electrons. The molecule has 0 aliphatic rings. The largest absolute Gasteiger partial charge is 0.481 e. The van der Waals surface area contributed by atoms with Crippen molar-refractivity contribution in [1.82, 2.24) is 19.9 Å². The number of rotatable bonds is 5. The highest BCUT2D eigenvalue weighted by molar-refractivity contribution is 6.00. The number of hydrogen-bond donors (Lipinski definition) is 2. The standard InChI is InChI=1S/C12H14N4O3/c1-2-8(5-11(17)18)15-12(19)9-6-14-16-4-3-13-7-10(9)16/h3-4,6-8H,2,5H2,1H3,(H,15,19)(H,17,18). The van der Waals surface area contributed by atoms with Crippen LogP contribution in [-0.2, 0) is 4.79 Å².